The van der Waals surface area contributed by atoms with Crippen LogP contribution in [0.15, 0.2) is 40.3 Å². The number of oxazole rings is 1. The van der Waals surface area contributed by atoms with Crippen LogP contribution < -0.4 is 4.74 Å². The van der Waals surface area contributed by atoms with Crippen molar-refractivity contribution in [2.75, 3.05) is 0 Å². The number of hydrogen-bond acceptors (Lipinski definition) is 3. The zero-order chi connectivity index (χ0) is 13.1. The average molecular weight is 253 g/mol. The first-order chi connectivity index (χ1) is 9.36. The van der Waals surface area contributed by atoms with Crippen molar-refractivity contribution in [3.8, 4) is 18.4 Å². The highest BCUT2D eigenvalue weighted by Crippen LogP contribution is 2.25. The second kappa shape index (κ2) is 5.19. The molecule has 2 aromatic rings. The maximum absolute atomic E-state index is 5.84. The van der Waals surface area contributed by atoms with Crippen molar-refractivity contribution >= 4 is 11.1 Å². The van der Waals surface area contributed by atoms with Crippen LogP contribution in [-0.2, 0) is 0 Å². The summed E-state index contributed by atoms with van der Waals surface area (Å²) in [5, 5.41) is 0. The highest BCUT2D eigenvalue weighted by Gasteiger charge is 2.19. The Kier molecular flexibility index (Phi) is 3.24. The molecule has 1 heterocycles. The Morgan fingerprint density at radius 3 is 3.05 bits per heavy atom. The SMILES string of the molecule is C#CC1=CCCCCC1Oc1nc2ccccc2o1. The van der Waals surface area contributed by atoms with E-state index >= 15 is 0 Å². The Morgan fingerprint density at radius 2 is 2.21 bits per heavy atom. The van der Waals surface area contributed by atoms with Crippen molar-refractivity contribution in [1.82, 2.24) is 4.98 Å². The van der Waals surface area contributed by atoms with Gasteiger partial charge in [0.2, 0.25) is 0 Å². The van der Waals surface area contributed by atoms with Gasteiger partial charge in [0, 0.05) is 5.57 Å². The maximum atomic E-state index is 5.84. The molecule has 3 rings (SSSR count). The number of terminal acetylenes is 1. The smallest absolute Gasteiger partial charge is 0.395 e. The lowest BCUT2D eigenvalue weighted by atomic mass is 10.1. The lowest BCUT2D eigenvalue weighted by Crippen LogP contribution is -2.18. The molecule has 1 aliphatic rings. The van der Waals surface area contributed by atoms with Crippen LogP contribution in [0.1, 0.15) is 25.7 Å². The monoisotopic (exact) mass is 253 g/mol. The van der Waals surface area contributed by atoms with Crippen LogP contribution in [0.5, 0.6) is 6.08 Å². The van der Waals surface area contributed by atoms with Crippen LogP contribution in [0, 0.1) is 12.3 Å². The van der Waals surface area contributed by atoms with E-state index in [0.717, 1.165) is 42.4 Å². The van der Waals surface area contributed by atoms with Gasteiger partial charge in [0.15, 0.2) is 5.58 Å². The number of rotatable bonds is 2. The van der Waals surface area contributed by atoms with Gasteiger partial charge in [-0.2, -0.15) is 4.98 Å². The summed E-state index contributed by atoms with van der Waals surface area (Å²) in [6, 6.07) is 7.61. The lowest BCUT2D eigenvalue weighted by molar-refractivity contribution is 0.172. The summed E-state index contributed by atoms with van der Waals surface area (Å²) in [5.41, 5.74) is 2.44. The molecule has 3 heteroatoms. The minimum Gasteiger partial charge on any atom is -0.441 e. The minimum atomic E-state index is -0.111. The van der Waals surface area contributed by atoms with Crippen LogP contribution in [-0.4, -0.2) is 11.1 Å². The van der Waals surface area contributed by atoms with E-state index in [1.165, 1.54) is 0 Å². The van der Waals surface area contributed by atoms with Gasteiger partial charge < -0.3 is 9.15 Å². The first-order valence-electron chi connectivity index (χ1n) is 6.56. The molecule has 0 aliphatic heterocycles. The molecule has 1 aromatic carbocycles. The highest BCUT2D eigenvalue weighted by molar-refractivity contribution is 5.72. The second-order valence-electron chi connectivity index (χ2n) is 4.64. The largest absolute Gasteiger partial charge is 0.441 e. The molecular formula is C16H15NO2. The Labute approximate surface area is 112 Å². The molecule has 96 valence electrons. The summed E-state index contributed by atoms with van der Waals surface area (Å²) >= 11 is 0. The van der Waals surface area contributed by atoms with Gasteiger partial charge in [0.1, 0.15) is 11.6 Å². The number of aromatic nitrogens is 1. The third kappa shape index (κ3) is 2.48. The van der Waals surface area contributed by atoms with Crippen molar-refractivity contribution in [2.24, 2.45) is 0 Å². The van der Waals surface area contributed by atoms with Gasteiger partial charge in [-0.05, 0) is 37.8 Å². The molecular weight excluding hydrogens is 238 g/mol. The minimum absolute atomic E-state index is 0.111. The van der Waals surface area contributed by atoms with Crippen molar-refractivity contribution in [3.05, 3.63) is 35.9 Å². The molecule has 0 N–H and O–H groups in total. The summed E-state index contributed by atoms with van der Waals surface area (Å²) in [6.45, 7) is 0. The molecule has 0 spiro atoms. The quantitative estimate of drug-likeness (QED) is 0.765. The third-order valence-electron chi connectivity index (χ3n) is 3.32. The molecule has 1 aromatic heterocycles. The summed E-state index contributed by atoms with van der Waals surface area (Å²) in [6.07, 6.45) is 12.0. The van der Waals surface area contributed by atoms with Crippen LogP contribution in [0.25, 0.3) is 11.1 Å². The molecule has 1 unspecified atom stereocenters. The topological polar surface area (TPSA) is 35.3 Å². The number of benzene rings is 1. The predicted octanol–water partition coefficient (Wildman–Crippen LogP) is 3.71. The fraction of sp³-hybridized carbons (Fsp3) is 0.312. The Hall–Kier alpha value is -2.21. The molecule has 3 nitrogen and oxygen atoms in total. The van der Waals surface area contributed by atoms with Crippen LogP contribution >= 0.6 is 0 Å². The third-order valence-corrected chi connectivity index (χ3v) is 3.32. The fourth-order valence-corrected chi connectivity index (χ4v) is 2.32. The number of ether oxygens (including phenoxy) is 1. The van der Waals surface area contributed by atoms with Crippen molar-refractivity contribution in [3.63, 3.8) is 0 Å². The normalized spacial score (nSPS) is 19.5. The molecule has 0 amide bonds. The van der Waals surface area contributed by atoms with Crippen molar-refractivity contribution in [2.45, 2.75) is 31.8 Å². The van der Waals surface area contributed by atoms with Gasteiger partial charge >= 0.3 is 6.08 Å². The van der Waals surface area contributed by atoms with Gasteiger partial charge in [0.25, 0.3) is 0 Å². The van der Waals surface area contributed by atoms with Gasteiger partial charge in [-0.3, -0.25) is 0 Å². The number of hydrogen-bond donors (Lipinski definition) is 0. The van der Waals surface area contributed by atoms with E-state index in [4.69, 9.17) is 15.6 Å². The zero-order valence-electron chi connectivity index (χ0n) is 10.6. The molecule has 0 bridgehead atoms. The molecule has 1 aliphatic carbocycles. The second-order valence-corrected chi connectivity index (χ2v) is 4.64. The number of nitrogens with zero attached hydrogens (tertiary/aromatic N) is 1. The molecule has 0 radical (unpaired) electrons. The lowest BCUT2D eigenvalue weighted by Gasteiger charge is -2.14. The van der Waals surface area contributed by atoms with Gasteiger partial charge in [-0.25, -0.2) is 0 Å². The number of fused-ring (bicyclic) bond motifs is 1. The number of para-hydroxylation sites is 2. The van der Waals surface area contributed by atoms with Crippen LogP contribution in [0.4, 0.5) is 0 Å². The average Bonchev–Trinajstić information content (AvgIpc) is 2.70. The van der Waals surface area contributed by atoms with Gasteiger partial charge in [0.05, 0.1) is 0 Å². The number of allylic oxidation sites excluding steroid dienone is 1. The molecule has 0 saturated heterocycles. The van der Waals surface area contributed by atoms with E-state index in [-0.39, 0.29) is 6.10 Å². The van der Waals surface area contributed by atoms with E-state index < -0.39 is 0 Å². The van der Waals surface area contributed by atoms with Crippen LogP contribution in [0.3, 0.4) is 0 Å². The standard InChI is InChI=1S/C16H15NO2/c1-2-12-8-4-3-5-10-14(12)18-16-17-13-9-6-7-11-15(13)19-16/h1,6-9,11,14H,3-5,10H2. The van der Waals surface area contributed by atoms with E-state index in [0.29, 0.717) is 6.08 Å². The summed E-state index contributed by atoms with van der Waals surface area (Å²) in [5.74, 6) is 2.71. The van der Waals surface area contributed by atoms with E-state index in [1.54, 1.807) is 0 Å². The first kappa shape index (κ1) is 11.9. The summed E-state index contributed by atoms with van der Waals surface area (Å²) in [4.78, 5) is 4.32. The van der Waals surface area contributed by atoms with Crippen molar-refractivity contribution in [1.29, 1.82) is 0 Å². The van der Waals surface area contributed by atoms with E-state index in [2.05, 4.69) is 17.0 Å². The molecule has 0 fully saturated rings. The Bertz CT molecular complexity index is 615. The Morgan fingerprint density at radius 1 is 1.32 bits per heavy atom. The summed E-state index contributed by atoms with van der Waals surface area (Å²) in [7, 11) is 0. The van der Waals surface area contributed by atoms with Gasteiger partial charge in [-0.1, -0.05) is 24.1 Å². The molecule has 0 saturated carbocycles. The van der Waals surface area contributed by atoms with Crippen LogP contribution in [0.2, 0.25) is 0 Å². The maximum Gasteiger partial charge on any atom is 0.395 e. The summed E-state index contributed by atoms with van der Waals surface area (Å²) < 4.78 is 11.4. The molecule has 1 atom stereocenters. The van der Waals surface area contributed by atoms with Gasteiger partial charge in [-0.15, -0.1) is 6.42 Å². The zero-order valence-corrected chi connectivity index (χ0v) is 10.6. The van der Waals surface area contributed by atoms with E-state index in [1.807, 2.05) is 24.3 Å². The predicted molar refractivity (Wildman–Crippen MR) is 73.8 cm³/mol. The molecule has 19 heavy (non-hydrogen) atoms. The Balaban J connectivity index is 1.85. The van der Waals surface area contributed by atoms with E-state index in [9.17, 15) is 0 Å². The highest BCUT2D eigenvalue weighted by atomic mass is 16.6. The van der Waals surface area contributed by atoms with Crippen molar-refractivity contribution < 1.29 is 9.15 Å². The first-order valence-corrected chi connectivity index (χ1v) is 6.56. The fourth-order valence-electron chi connectivity index (χ4n) is 2.32.